The highest BCUT2D eigenvalue weighted by atomic mass is 16.6. The highest BCUT2D eigenvalue weighted by molar-refractivity contribution is 6.10. The van der Waals surface area contributed by atoms with E-state index in [-0.39, 0.29) is 22.4 Å². The second-order valence-corrected chi connectivity index (χ2v) is 9.03. The van der Waals surface area contributed by atoms with E-state index in [9.17, 15) is 24.5 Å². The van der Waals surface area contributed by atoms with E-state index >= 15 is 0 Å². The molecule has 32 heavy (non-hydrogen) atoms. The third-order valence-corrected chi connectivity index (χ3v) is 5.68. The highest BCUT2D eigenvalue weighted by Crippen LogP contribution is 2.31. The number of hydrogen-bond donors (Lipinski definition) is 2. The summed E-state index contributed by atoms with van der Waals surface area (Å²) >= 11 is 0. The molecule has 9 nitrogen and oxygen atoms in total. The smallest absolute Gasteiger partial charge is 0.324 e. The van der Waals surface area contributed by atoms with E-state index in [0.717, 1.165) is 10.5 Å². The predicted octanol–water partition coefficient (Wildman–Crippen LogP) is 3.61. The number of imide groups is 1. The molecule has 1 heterocycles. The van der Waals surface area contributed by atoms with Gasteiger partial charge in [-0.25, -0.2) is 4.79 Å². The monoisotopic (exact) mass is 438 g/mol. The quantitative estimate of drug-likeness (QED) is 0.420. The number of hydrogen-bond acceptors (Lipinski definition) is 5. The molecule has 1 aliphatic rings. The maximum absolute atomic E-state index is 13.1. The average Bonchev–Trinajstić information content (AvgIpc) is 2.93. The van der Waals surface area contributed by atoms with Crippen molar-refractivity contribution >= 4 is 29.2 Å². The average molecular weight is 438 g/mol. The Kier molecular flexibility index (Phi) is 5.78. The first-order valence-electron chi connectivity index (χ1n) is 10.1. The molecule has 2 aromatic rings. The van der Waals surface area contributed by atoms with Crippen LogP contribution in [-0.2, 0) is 20.5 Å². The van der Waals surface area contributed by atoms with Crippen LogP contribution in [0.4, 0.5) is 16.2 Å². The number of anilines is 1. The van der Waals surface area contributed by atoms with Crippen LogP contribution in [0, 0.1) is 17.0 Å². The normalized spacial score (nSPS) is 18.5. The van der Waals surface area contributed by atoms with E-state index in [1.165, 1.54) is 25.1 Å². The van der Waals surface area contributed by atoms with Crippen LogP contribution in [0.25, 0.3) is 0 Å². The lowest BCUT2D eigenvalue weighted by molar-refractivity contribution is -0.385. The molecule has 1 aliphatic heterocycles. The van der Waals surface area contributed by atoms with Crippen molar-refractivity contribution in [3.63, 3.8) is 0 Å². The molecular weight excluding hydrogens is 412 g/mol. The zero-order valence-corrected chi connectivity index (χ0v) is 18.7. The summed E-state index contributed by atoms with van der Waals surface area (Å²) in [5.41, 5.74) is 0.742. The van der Waals surface area contributed by atoms with Crippen molar-refractivity contribution in [2.24, 2.45) is 0 Å². The minimum Gasteiger partial charge on any atom is -0.324 e. The van der Waals surface area contributed by atoms with Crippen LogP contribution < -0.4 is 10.6 Å². The first-order valence-corrected chi connectivity index (χ1v) is 10.1. The summed E-state index contributed by atoms with van der Waals surface area (Å²) < 4.78 is 0. The van der Waals surface area contributed by atoms with Gasteiger partial charge in [0.15, 0.2) is 0 Å². The van der Waals surface area contributed by atoms with Crippen molar-refractivity contribution < 1.29 is 19.3 Å². The Labute approximate surface area is 185 Å². The van der Waals surface area contributed by atoms with Gasteiger partial charge in [-0.05, 0) is 36.5 Å². The van der Waals surface area contributed by atoms with Gasteiger partial charge in [-0.15, -0.1) is 0 Å². The number of urea groups is 1. The van der Waals surface area contributed by atoms with Gasteiger partial charge in [-0.1, -0.05) is 51.1 Å². The number of rotatable bonds is 5. The topological polar surface area (TPSA) is 122 Å². The minimum absolute atomic E-state index is 0.0584. The first-order chi connectivity index (χ1) is 14.8. The summed E-state index contributed by atoms with van der Waals surface area (Å²) in [6, 6.07) is 11.1. The number of carbonyl (C=O) groups is 3. The SMILES string of the molecule is Cc1c(NC(=O)CN2C(=O)NC(C)(c3ccc(C(C)(C)C)cc3)C2=O)cccc1[N+](=O)[O-]. The molecule has 9 heteroatoms. The molecule has 3 rings (SSSR count). The van der Waals surface area contributed by atoms with E-state index in [1.54, 1.807) is 19.1 Å². The second kappa shape index (κ2) is 8.07. The van der Waals surface area contributed by atoms with Crippen LogP contribution in [0.2, 0.25) is 0 Å². The first kappa shape index (κ1) is 22.9. The minimum atomic E-state index is -1.30. The maximum Gasteiger partial charge on any atom is 0.325 e. The Bertz CT molecular complexity index is 1100. The summed E-state index contributed by atoms with van der Waals surface area (Å²) in [4.78, 5) is 49.6. The lowest BCUT2D eigenvalue weighted by Gasteiger charge is -2.24. The molecule has 0 radical (unpaired) electrons. The molecule has 1 fully saturated rings. The van der Waals surface area contributed by atoms with Gasteiger partial charge >= 0.3 is 6.03 Å². The Balaban J connectivity index is 1.77. The molecule has 1 saturated heterocycles. The van der Waals surface area contributed by atoms with Crippen LogP contribution in [0.5, 0.6) is 0 Å². The Morgan fingerprint density at radius 3 is 2.34 bits per heavy atom. The number of amides is 4. The van der Waals surface area contributed by atoms with Crippen molar-refractivity contribution in [2.45, 2.75) is 45.6 Å². The van der Waals surface area contributed by atoms with E-state index < -0.39 is 34.9 Å². The number of benzene rings is 2. The zero-order valence-electron chi connectivity index (χ0n) is 18.7. The van der Waals surface area contributed by atoms with Crippen LogP contribution in [0.3, 0.4) is 0 Å². The number of nitrogens with one attached hydrogen (secondary N) is 2. The summed E-state index contributed by atoms with van der Waals surface area (Å²) in [6.07, 6.45) is 0. The van der Waals surface area contributed by atoms with Gasteiger partial charge in [0.05, 0.1) is 16.2 Å². The third-order valence-electron chi connectivity index (χ3n) is 5.68. The molecular formula is C23H26N4O5. The molecule has 168 valence electrons. The number of nitro groups is 1. The van der Waals surface area contributed by atoms with E-state index in [0.29, 0.717) is 5.56 Å². The van der Waals surface area contributed by atoms with E-state index in [4.69, 9.17) is 0 Å². The van der Waals surface area contributed by atoms with Gasteiger partial charge in [-0.3, -0.25) is 24.6 Å². The van der Waals surface area contributed by atoms with Crippen molar-refractivity contribution in [3.8, 4) is 0 Å². The second-order valence-electron chi connectivity index (χ2n) is 9.03. The summed E-state index contributed by atoms with van der Waals surface area (Å²) in [5, 5.41) is 16.3. The van der Waals surface area contributed by atoms with Gasteiger partial charge in [0.2, 0.25) is 5.91 Å². The Hall–Kier alpha value is -3.75. The lowest BCUT2D eigenvalue weighted by atomic mass is 9.84. The Morgan fingerprint density at radius 2 is 1.78 bits per heavy atom. The van der Waals surface area contributed by atoms with Gasteiger partial charge in [-0.2, -0.15) is 0 Å². The summed E-state index contributed by atoms with van der Waals surface area (Å²) in [6.45, 7) is 8.84. The number of carbonyl (C=O) groups excluding carboxylic acids is 3. The maximum atomic E-state index is 13.1. The van der Waals surface area contributed by atoms with Crippen LogP contribution in [-0.4, -0.2) is 34.2 Å². The molecule has 2 N–H and O–H groups in total. The fourth-order valence-electron chi connectivity index (χ4n) is 3.63. The van der Waals surface area contributed by atoms with Crippen molar-refractivity contribution in [3.05, 3.63) is 69.3 Å². The standard InChI is InChI=1S/C23H26N4O5/c1-14-17(7-6-8-18(14)27(31)32)24-19(28)13-26-20(29)23(5,25-21(26)30)16-11-9-15(10-12-16)22(2,3)4/h6-12H,13H2,1-5H3,(H,24,28)(H,25,30). The van der Waals surface area contributed by atoms with Crippen LogP contribution in [0.1, 0.15) is 44.4 Å². The molecule has 2 aromatic carbocycles. The summed E-state index contributed by atoms with van der Waals surface area (Å²) in [7, 11) is 0. The molecule has 0 bridgehead atoms. The molecule has 0 aromatic heterocycles. The molecule has 4 amide bonds. The van der Waals surface area contributed by atoms with E-state index in [1.807, 2.05) is 12.1 Å². The van der Waals surface area contributed by atoms with Gasteiger partial charge in [0.25, 0.3) is 11.6 Å². The number of nitrogens with zero attached hydrogens (tertiary/aromatic N) is 2. The largest absolute Gasteiger partial charge is 0.325 e. The fraction of sp³-hybridized carbons (Fsp3) is 0.348. The lowest BCUT2D eigenvalue weighted by Crippen LogP contribution is -2.42. The Morgan fingerprint density at radius 1 is 1.16 bits per heavy atom. The van der Waals surface area contributed by atoms with Crippen LogP contribution >= 0.6 is 0 Å². The molecule has 0 aliphatic carbocycles. The summed E-state index contributed by atoms with van der Waals surface area (Å²) in [5.74, 6) is -1.18. The molecule has 1 atom stereocenters. The zero-order chi connectivity index (χ0) is 23.8. The van der Waals surface area contributed by atoms with Gasteiger partial charge in [0.1, 0.15) is 12.1 Å². The predicted molar refractivity (Wildman–Crippen MR) is 119 cm³/mol. The van der Waals surface area contributed by atoms with Gasteiger partial charge < -0.3 is 10.6 Å². The van der Waals surface area contributed by atoms with Crippen molar-refractivity contribution in [1.29, 1.82) is 0 Å². The van der Waals surface area contributed by atoms with Crippen LogP contribution in [0.15, 0.2) is 42.5 Å². The number of nitro benzene ring substituents is 1. The van der Waals surface area contributed by atoms with E-state index in [2.05, 4.69) is 31.4 Å². The molecule has 0 spiro atoms. The fourth-order valence-corrected chi connectivity index (χ4v) is 3.63. The molecule has 0 saturated carbocycles. The van der Waals surface area contributed by atoms with Crippen molar-refractivity contribution in [2.75, 3.05) is 11.9 Å². The van der Waals surface area contributed by atoms with Crippen molar-refractivity contribution in [1.82, 2.24) is 10.2 Å². The third kappa shape index (κ3) is 4.18. The van der Waals surface area contributed by atoms with Gasteiger partial charge in [0, 0.05) is 6.07 Å². The highest BCUT2D eigenvalue weighted by Gasteiger charge is 2.49. The molecule has 1 unspecified atom stereocenters.